The summed E-state index contributed by atoms with van der Waals surface area (Å²) < 4.78 is 5.10. The Morgan fingerprint density at radius 3 is 2.48 bits per heavy atom. The van der Waals surface area contributed by atoms with Gasteiger partial charge in [0.1, 0.15) is 5.75 Å². The van der Waals surface area contributed by atoms with Gasteiger partial charge in [-0.05, 0) is 30.3 Å². The number of anilines is 1. The second-order valence-corrected chi connectivity index (χ2v) is 6.43. The van der Waals surface area contributed by atoms with Gasteiger partial charge in [0.05, 0.1) is 18.5 Å². The summed E-state index contributed by atoms with van der Waals surface area (Å²) in [4.78, 5) is 42.0. The van der Waals surface area contributed by atoms with Crippen molar-refractivity contribution in [3.8, 4) is 5.75 Å². The summed E-state index contributed by atoms with van der Waals surface area (Å²) in [6, 6.07) is 10.1. The molecule has 138 valence electrons. The molecule has 7 nitrogen and oxygen atoms in total. The summed E-state index contributed by atoms with van der Waals surface area (Å²) in [5.41, 5.74) is 0.645. The third-order valence-electron chi connectivity index (χ3n) is 3.73. The molecule has 1 atom stereocenters. The summed E-state index contributed by atoms with van der Waals surface area (Å²) in [6.07, 6.45) is 1.15. The minimum Gasteiger partial charge on any atom is -0.497 e. The van der Waals surface area contributed by atoms with Gasteiger partial charge >= 0.3 is 6.03 Å². The topological polar surface area (TPSA) is 88.1 Å². The molecule has 1 fully saturated rings. The van der Waals surface area contributed by atoms with Crippen molar-refractivity contribution in [2.24, 2.45) is 10.9 Å². The molecule has 1 N–H and O–H groups in total. The van der Waals surface area contributed by atoms with E-state index in [1.807, 2.05) is 0 Å². The first-order valence-electron chi connectivity index (χ1n) is 7.72. The number of benzene rings is 2. The highest BCUT2D eigenvalue weighted by atomic mass is 35.5. The number of barbiturate groups is 1. The highest BCUT2D eigenvalue weighted by Gasteiger charge is 2.40. The molecule has 0 aromatic heterocycles. The molecule has 4 amide bonds. The average molecular weight is 406 g/mol. The van der Waals surface area contributed by atoms with Crippen molar-refractivity contribution < 1.29 is 19.1 Å². The Hall–Kier alpha value is -2.90. The van der Waals surface area contributed by atoms with Crippen LogP contribution in [0, 0.1) is 5.92 Å². The number of ether oxygens (including phenoxy) is 1. The van der Waals surface area contributed by atoms with E-state index in [4.69, 9.17) is 27.9 Å². The van der Waals surface area contributed by atoms with E-state index in [2.05, 4.69) is 10.3 Å². The maximum atomic E-state index is 12.8. The number of hydrogen-bond donors (Lipinski definition) is 1. The van der Waals surface area contributed by atoms with Crippen molar-refractivity contribution in [2.45, 2.75) is 0 Å². The zero-order valence-corrected chi connectivity index (χ0v) is 15.5. The molecule has 0 radical (unpaired) electrons. The number of aliphatic imine (C=N–C) groups is 1. The van der Waals surface area contributed by atoms with Crippen molar-refractivity contribution in [3.63, 3.8) is 0 Å². The maximum absolute atomic E-state index is 12.8. The van der Waals surface area contributed by atoms with Crippen LogP contribution < -0.4 is 15.0 Å². The van der Waals surface area contributed by atoms with Crippen molar-refractivity contribution in [3.05, 3.63) is 52.5 Å². The molecule has 2 aromatic carbocycles. The molecular weight excluding hydrogens is 393 g/mol. The number of urea groups is 1. The van der Waals surface area contributed by atoms with E-state index in [9.17, 15) is 14.4 Å². The molecular formula is C18H13Cl2N3O4. The molecule has 0 unspecified atom stereocenters. The predicted molar refractivity (Wildman–Crippen MR) is 102 cm³/mol. The lowest BCUT2D eigenvalue weighted by molar-refractivity contribution is -0.131. The van der Waals surface area contributed by atoms with Crippen LogP contribution in [-0.2, 0) is 9.59 Å². The number of amides is 4. The summed E-state index contributed by atoms with van der Waals surface area (Å²) in [6.45, 7) is 0. The fourth-order valence-electron chi connectivity index (χ4n) is 2.49. The van der Waals surface area contributed by atoms with E-state index in [1.165, 1.54) is 31.4 Å². The first-order valence-corrected chi connectivity index (χ1v) is 8.48. The Morgan fingerprint density at radius 2 is 1.81 bits per heavy atom. The summed E-state index contributed by atoms with van der Waals surface area (Å²) in [5, 5.41) is 2.87. The van der Waals surface area contributed by atoms with Crippen LogP contribution in [0.4, 0.5) is 16.2 Å². The third-order valence-corrected chi connectivity index (χ3v) is 4.17. The number of nitrogens with one attached hydrogen (secondary N) is 1. The van der Waals surface area contributed by atoms with Crippen LogP contribution in [0.5, 0.6) is 5.75 Å². The van der Waals surface area contributed by atoms with Crippen molar-refractivity contribution >= 4 is 58.6 Å². The molecule has 0 bridgehead atoms. The molecule has 1 aliphatic heterocycles. The predicted octanol–water partition coefficient (Wildman–Crippen LogP) is 3.60. The van der Waals surface area contributed by atoms with Crippen LogP contribution in [0.3, 0.4) is 0 Å². The monoisotopic (exact) mass is 405 g/mol. The Labute approximate surface area is 164 Å². The molecule has 1 heterocycles. The number of nitrogens with zero attached hydrogens (tertiary/aromatic N) is 2. The van der Waals surface area contributed by atoms with Crippen LogP contribution in [-0.4, -0.2) is 31.2 Å². The second kappa shape index (κ2) is 7.77. The van der Waals surface area contributed by atoms with E-state index < -0.39 is 23.8 Å². The van der Waals surface area contributed by atoms with Crippen LogP contribution in [0.1, 0.15) is 0 Å². The average Bonchev–Trinajstić information content (AvgIpc) is 2.60. The first kappa shape index (κ1) is 18.9. The fourth-order valence-corrected chi connectivity index (χ4v) is 3.00. The highest BCUT2D eigenvalue weighted by Crippen LogP contribution is 2.26. The van der Waals surface area contributed by atoms with E-state index in [0.717, 1.165) is 11.1 Å². The Kier molecular flexibility index (Phi) is 5.43. The minimum absolute atomic E-state index is 0.272. The van der Waals surface area contributed by atoms with E-state index in [0.29, 0.717) is 21.5 Å². The smallest absolute Gasteiger partial charge is 0.335 e. The molecule has 0 aliphatic carbocycles. The quantitative estimate of drug-likeness (QED) is 0.621. The number of rotatable bonds is 4. The lowest BCUT2D eigenvalue weighted by Crippen LogP contribution is -2.58. The number of carbonyl (C=O) groups is 3. The largest absolute Gasteiger partial charge is 0.497 e. The summed E-state index contributed by atoms with van der Waals surface area (Å²) >= 11 is 11.8. The Morgan fingerprint density at radius 1 is 1.11 bits per heavy atom. The van der Waals surface area contributed by atoms with Crippen molar-refractivity contribution in [1.82, 2.24) is 5.32 Å². The molecule has 0 spiro atoms. The van der Waals surface area contributed by atoms with E-state index in [-0.39, 0.29) is 5.69 Å². The minimum atomic E-state index is -1.29. The lowest BCUT2D eigenvalue weighted by Gasteiger charge is -2.28. The second-order valence-electron chi connectivity index (χ2n) is 5.55. The number of halogens is 2. The normalized spacial score (nSPS) is 17.4. The van der Waals surface area contributed by atoms with Gasteiger partial charge in [0.15, 0.2) is 5.92 Å². The molecule has 9 heteroatoms. The van der Waals surface area contributed by atoms with Gasteiger partial charge in [-0.2, -0.15) is 0 Å². The molecule has 3 rings (SSSR count). The van der Waals surface area contributed by atoms with Gasteiger partial charge in [-0.3, -0.25) is 19.9 Å². The number of imide groups is 2. The van der Waals surface area contributed by atoms with Gasteiger partial charge in [0.25, 0.3) is 5.91 Å². The molecule has 0 saturated carbocycles. The van der Waals surface area contributed by atoms with Gasteiger partial charge in [-0.1, -0.05) is 29.3 Å². The Bertz CT molecular complexity index is 941. The molecule has 27 heavy (non-hydrogen) atoms. The standard InChI is InChI=1S/C18H13Cl2N3O4/c1-27-14-4-2-3-13(8-14)23-17(25)15(16(24)22-18(23)26)9-21-12-6-10(19)5-11(20)7-12/h2-9,15H,1H3,(H,22,24,26)/t15-/m1/s1. The van der Waals surface area contributed by atoms with Crippen molar-refractivity contribution in [1.29, 1.82) is 0 Å². The molecule has 2 aromatic rings. The zero-order chi connectivity index (χ0) is 19.6. The highest BCUT2D eigenvalue weighted by molar-refractivity contribution is 6.35. The van der Waals surface area contributed by atoms with Crippen molar-refractivity contribution in [2.75, 3.05) is 12.0 Å². The fraction of sp³-hybridized carbons (Fsp3) is 0.111. The molecule has 1 aliphatic rings. The van der Waals surface area contributed by atoms with Crippen LogP contribution in [0.15, 0.2) is 47.5 Å². The number of hydrogen-bond acceptors (Lipinski definition) is 5. The van der Waals surface area contributed by atoms with Crippen LogP contribution >= 0.6 is 23.2 Å². The van der Waals surface area contributed by atoms with Crippen LogP contribution in [0.25, 0.3) is 0 Å². The van der Waals surface area contributed by atoms with Gasteiger partial charge < -0.3 is 4.74 Å². The number of methoxy groups -OCH3 is 1. The van der Waals surface area contributed by atoms with Gasteiger partial charge in [-0.15, -0.1) is 0 Å². The third kappa shape index (κ3) is 4.10. The Balaban J connectivity index is 1.91. The number of carbonyl (C=O) groups excluding carboxylic acids is 3. The molecule has 1 saturated heterocycles. The SMILES string of the molecule is COc1cccc(N2C(=O)NC(=O)[C@@H](C=Nc3cc(Cl)cc(Cl)c3)C2=O)c1. The maximum Gasteiger partial charge on any atom is 0.335 e. The van der Waals surface area contributed by atoms with Gasteiger partial charge in [-0.25, -0.2) is 9.69 Å². The first-order chi connectivity index (χ1) is 12.9. The van der Waals surface area contributed by atoms with E-state index in [1.54, 1.807) is 18.2 Å². The summed E-state index contributed by atoms with van der Waals surface area (Å²) in [5.74, 6) is -2.31. The lowest BCUT2D eigenvalue weighted by atomic mass is 10.1. The van der Waals surface area contributed by atoms with Crippen LogP contribution in [0.2, 0.25) is 10.0 Å². The summed E-state index contributed by atoms with van der Waals surface area (Å²) in [7, 11) is 1.46. The van der Waals surface area contributed by atoms with Gasteiger partial charge in [0.2, 0.25) is 5.91 Å². The van der Waals surface area contributed by atoms with Gasteiger partial charge in [0, 0.05) is 22.3 Å². The zero-order valence-electron chi connectivity index (χ0n) is 14.0. The van der Waals surface area contributed by atoms with E-state index >= 15 is 0 Å².